The van der Waals surface area contributed by atoms with Crippen LogP contribution < -0.4 is 0 Å². The first kappa shape index (κ1) is 18.0. The minimum absolute atomic E-state index is 0.0786. The van der Waals surface area contributed by atoms with Crippen LogP contribution in [0.25, 0.3) is 10.6 Å². The second-order valence-electron chi connectivity index (χ2n) is 6.85. The molecular weight excluding hydrogens is 337 g/mol. The van der Waals surface area contributed by atoms with E-state index in [9.17, 15) is 9.18 Å². The quantitative estimate of drug-likeness (QED) is 0.831. The predicted octanol–water partition coefficient (Wildman–Crippen LogP) is 3.81. The van der Waals surface area contributed by atoms with E-state index in [2.05, 4.69) is 9.88 Å². The van der Waals surface area contributed by atoms with E-state index in [0.29, 0.717) is 4.88 Å². The monoisotopic (exact) mass is 361 g/mol. The molecule has 0 aliphatic carbocycles. The molecule has 1 aromatic carbocycles. The van der Waals surface area contributed by atoms with Crippen molar-refractivity contribution < 1.29 is 9.18 Å². The number of thiazole rings is 1. The summed E-state index contributed by atoms with van der Waals surface area (Å²) in [6, 6.07) is 6.51. The van der Waals surface area contributed by atoms with Crippen molar-refractivity contribution in [2.45, 2.75) is 32.2 Å². The van der Waals surface area contributed by atoms with Gasteiger partial charge in [0.1, 0.15) is 15.7 Å². The molecule has 1 amide bonds. The van der Waals surface area contributed by atoms with Crippen LogP contribution in [-0.4, -0.2) is 53.9 Å². The third kappa shape index (κ3) is 4.07. The number of hydrogen-bond donors (Lipinski definition) is 0. The van der Waals surface area contributed by atoms with Crippen molar-refractivity contribution >= 4 is 17.2 Å². The highest BCUT2D eigenvalue weighted by molar-refractivity contribution is 7.17. The van der Waals surface area contributed by atoms with Gasteiger partial charge < -0.3 is 9.80 Å². The zero-order valence-electron chi connectivity index (χ0n) is 15.0. The Hall–Kier alpha value is -1.79. The number of likely N-dealkylation sites (tertiary alicyclic amines) is 1. The van der Waals surface area contributed by atoms with E-state index >= 15 is 0 Å². The van der Waals surface area contributed by atoms with Crippen molar-refractivity contribution in [1.29, 1.82) is 0 Å². The first-order valence-corrected chi connectivity index (χ1v) is 9.46. The second-order valence-corrected chi connectivity index (χ2v) is 7.85. The Morgan fingerprint density at radius 2 is 2.04 bits per heavy atom. The summed E-state index contributed by atoms with van der Waals surface area (Å²) in [5.41, 5.74) is 1.60. The number of nitrogens with zero attached hydrogens (tertiary/aromatic N) is 3. The molecule has 0 N–H and O–H groups in total. The summed E-state index contributed by atoms with van der Waals surface area (Å²) < 4.78 is 13.1. The lowest BCUT2D eigenvalue weighted by molar-refractivity contribution is 0.0579. The zero-order valence-corrected chi connectivity index (χ0v) is 15.8. The van der Waals surface area contributed by atoms with Gasteiger partial charge in [0.25, 0.3) is 5.91 Å². The van der Waals surface area contributed by atoms with Crippen LogP contribution in [0.15, 0.2) is 24.3 Å². The average Bonchev–Trinajstić information content (AvgIpc) is 2.96. The Morgan fingerprint density at radius 1 is 1.32 bits per heavy atom. The maximum atomic E-state index is 13.1. The van der Waals surface area contributed by atoms with Crippen LogP contribution in [0.5, 0.6) is 0 Å². The SMILES string of the molecule is Cc1nc(-c2ccc(F)cc2)sc1C(=O)N1CCCC[C@H]1CN(C)C. The molecule has 134 valence electrons. The molecule has 25 heavy (non-hydrogen) atoms. The van der Waals surface area contributed by atoms with Gasteiger partial charge in [-0.3, -0.25) is 4.79 Å². The molecule has 0 unspecified atom stereocenters. The van der Waals surface area contributed by atoms with Gasteiger partial charge in [-0.2, -0.15) is 0 Å². The predicted molar refractivity (Wildman–Crippen MR) is 99.5 cm³/mol. The molecule has 1 saturated heterocycles. The van der Waals surface area contributed by atoms with Crippen molar-refractivity contribution in [3.63, 3.8) is 0 Å². The molecule has 1 aromatic heterocycles. The summed E-state index contributed by atoms with van der Waals surface area (Å²) >= 11 is 1.40. The lowest BCUT2D eigenvalue weighted by Gasteiger charge is -2.37. The van der Waals surface area contributed by atoms with Crippen molar-refractivity contribution in [2.24, 2.45) is 0 Å². The largest absolute Gasteiger partial charge is 0.334 e. The van der Waals surface area contributed by atoms with Gasteiger partial charge in [-0.15, -0.1) is 11.3 Å². The number of hydrogen-bond acceptors (Lipinski definition) is 4. The summed E-state index contributed by atoms with van der Waals surface area (Å²) in [5, 5.41) is 0.766. The average molecular weight is 361 g/mol. The van der Waals surface area contributed by atoms with Crippen LogP contribution in [0.4, 0.5) is 4.39 Å². The fourth-order valence-corrected chi connectivity index (χ4v) is 4.35. The van der Waals surface area contributed by atoms with E-state index < -0.39 is 0 Å². The number of carbonyl (C=O) groups excluding carboxylic acids is 1. The van der Waals surface area contributed by atoms with Gasteiger partial charge in [-0.25, -0.2) is 9.37 Å². The molecule has 3 rings (SSSR count). The maximum Gasteiger partial charge on any atom is 0.266 e. The Kier molecular flexibility index (Phi) is 5.49. The van der Waals surface area contributed by atoms with Crippen molar-refractivity contribution in [2.75, 3.05) is 27.2 Å². The number of piperidine rings is 1. The van der Waals surface area contributed by atoms with Gasteiger partial charge >= 0.3 is 0 Å². The molecule has 1 atom stereocenters. The highest BCUT2D eigenvalue weighted by Gasteiger charge is 2.30. The molecule has 0 bridgehead atoms. The van der Waals surface area contributed by atoms with E-state index in [1.807, 2.05) is 25.9 Å². The maximum absolute atomic E-state index is 13.1. The molecule has 6 heteroatoms. The van der Waals surface area contributed by atoms with Gasteiger partial charge in [0, 0.05) is 24.7 Å². The summed E-state index contributed by atoms with van der Waals surface area (Å²) in [7, 11) is 4.09. The summed E-state index contributed by atoms with van der Waals surface area (Å²) in [5.74, 6) is -0.192. The van der Waals surface area contributed by atoms with Gasteiger partial charge in [-0.1, -0.05) is 0 Å². The highest BCUT2D eigenvalue weighted by Crippen LogP contribution is 2.30. The van der Waals surface area contributed by atoms with Crippen LogP contribution in [0.2, 0.25) is 0 Å². The standard InChI is InChI=1S/C19H24FN3OS/c1-13-17(25-18(21-13)14-7-9-15(20)10-8-14)19(24)23-11-5-4-6-16(23)12-22(2)3/h7-10,16H,4-6,11-12H2,1-3H3/t16-/m0/s1. The topological polar surface area (TPSA) is 36.4 Å². The Morgan fingerprint density at radius 3 is 2.72 bits per heavy atom. The molecule has 0 saturated carbocycles. The zero-order chi connectivity index (χ0) is 18.0. The van der Waals surface area contributed by atoms with Crippen LogP contribution >= 0.6 is 11.3 Å². The fourth-order valence-electron chi connectivity index (χ4n) is 3.32. The molecule has 4 nitrogen and oxygen atoms in total. The Labute approximate surface area is 152 Å². The minimum atomic E-state index is -0.270. The summed E-state index contributed by atoms with van der Waals surface area (Å²) in [6.07, 6.45) is 3.27. The number of amides is 1. The van der Waals surface area contributed by atoms with Gasteiger partial charge in [-0.05, 0) is 64.5 Å². The lowest BCUT2D eigenvalue weighted by Crippen LogP contribution is -2.48. The molecule has 0 radical (unpaired) electrons. The molecular formula is C19H24FN3OS. The second kappa shape index (κ2) is 7.62. The lowest BCUT2D eigenvalue weighted by atomic mass is 10.0. The van der Waals surface area contributed by atoms with E-state index in [1.54, 1.807) is 12.1 Å². The number of likely N-dealkylation sites (N-methyl/N-ethyl adjacent to an activating group) is 1. The number of aromatic nitrogens is 1. The fraction of sp³-hybridized carbons (Fsp3) is 0.474. The van der Waals surface area contributed by atoms with Crippen LogP contribution in [0.1, 0.15) is 34.6 Å². The highest BCUT2D eigenvalue weighted by atomic mass is 32.1. The Balaban J connectivity index is 1.85. The number of rotatable bonds is 4. The van der Waals surface area contributed by atoms with Crippen molar-refractivity contribution in [3.8, 4) is 10.6 Å². The summed E-state index contributed by atoms with van der Waals surface area (Å²) in [6.45, 7) is 3.57. The van der Waals surface area contributed by atoms with Crippen molar-refractivity contribution in [1.82, 2.24) is 14.8 Å². The van der Waals surface area contributed by atoms with Gasteiger partial charge in [0.15, 0.2) is 0 Å². The van der Waals surface area contributed by atoms with Crippen LogP contribution in [-0.2, 0) is 0 Å². The number of benzene rings is 1. The number of halogens is 1. The van der Waals surface area contributed by atoms with Crippen LogP contribution in [0, 0.1) is 12.7 Å². The summed E-state index contributed by atoms with van der Waals surface area (Å²) in [4.78, 5) is 22.5. The minimum Gasteiger partial charge on any atom is -0.334 e. The molecule has 1 aliphatic heterocycles. The molecule has 1 fully saturated rings. The molecule has 0 spiro atoms. The number of carbonyl (C=O) groups is 1. The first-order chi connectivity index (χ1) is 12.0. The van der Waals surface area contributed by atoms with E-state index in [4.69, 9.17) is 0 Å². The smallest absolute Gasteiger partial charge is 0.266 e. The molecule has 2 aromatic rings. The van der Waals surface area contributed by atoms with E-state index in [0.717, 1.165) is 42.2 Å². The normalized spacial score (nSPS) is 18.0. The van der Waals surface area contributed by atoms with Gasteiger partial charge in [0.2, 0.25) is 0 Å². The van der Waals surface area contributed by atoms with Gasteiger partial charge in [0.05, 0.1) is 5.69 Å². The van der Waals surface area contributed by atoms with E-state index in [-0.39, 0.29) is 17.8 Å². The van der Waals surface area contributed by atoms with Crippen LogP contribution in [0.3, 0.4) is 0 Å². The Bertz CT molecular complexity index is 742. The van der Waals surface area contributed by atoms with E-state index in [1.165, 1.54) is 29.9 Å². The van der Waals surface area contributed by atoms with Crippen molar-refractivity contribution in [3.05, 3.63) is 40.7 Å². The third-order valence-corrected chi connectivity index (χ3v) is 5.74. The number of aryl methyl sites for hydroxylation is 1. The first-order valence-electron chi connectivity index (χ1n) is 8.65. The molecule has 1 aliphatic rings. The molecule has 2 heterocycles. The third-order valence-electron chi connectivity index (χ3n) is 4.55.